The average Bonchev–Trinajstić information content (AvgIpc) is 2.33. The van der Waals surface area contributed by atoms with Gasteiger partial charge in [-0.2, -0.15) is 13.2 Å². The molecule has 4 N–H and O–H groups in total. The van der Waals surface area contributed by atoms with Gasteiger partial charge in [0, 0.05) is 17.6 Å². The molecule has 0 aromatic heterocycles. The molecular formula is C13H17F3N2O4S. The third-order valence-electron chi connectivity index (χ3n) is 3.04. The summed E-state index contributed by atoms with van der Waals surface area (Å²) in [6, 6.07) is 2.56. The normalized spacial score (nSPS) is 13.0. The summed E-state index contributed by atoms with van der Waals surface area (Å²) >= 11 is 0. The molecule has 0 atom stereocenters. The summed E-state index contributed by atoms with van der Waals surface area (Å²) in [7, 11) is -4.52. The molecule has 1 aromatic carbocycles. The van der Waals surface area contributed by atoms with E-state index in [4.69, 9.17) is 10.2 Å². The second-order valence-electron chi connectivity index (χ2n) is 5.66. The van der Waals surface area contributed by atoms with E-state index in [1.165, 1.54) is 0 Å². The molecule has 0 unspecified atom stereocenters. The zero-order valence-electron chi connectivity index (χ0n) is 12.4. The smallest absolute Gasteiger partial charge is 0.417 e. The number of carboxylic acid groups (broad SMARTS) is 1. The van der Waals surface area contributed by atoms with Crippen LogP contribution in [0, 0.1) is 0 Å². The van der Waals surface area contributed by atoms with Crippen LogP contribution in [0.25, 0.3) is 0 Å². The van der Waals surface area contributed by atoms with E-state index < -0.39 is 38.2 Å². The van der Waals surface area contributed by atoms with Gasteiger partial charge in [0.05, 0.1) is 10.5 Å². The van der Waals surface area contributed by atoms with Crippen molar-refractivity contribution in [3.8, 4) is 0 Å². The lowest BCUT2D eigenvalue weighted by molar-refractivity contribution is -0.140. The molecule has 0 fully saturated rings. The first-order chi connectivity index (χ1) is 10.2. The molecule has 0 aliphatic rings. The Morgan fingerprint density at radius 1 is 1.30 bits per heavy atom. The van der Waals surface area contributed by atoms with Gasteiger partial charge in [0.2, 0.25) is 10.0 Å². The summed E-state index contributed by atoms with van der Waals surface area (Å²) in [5.74, 6) is -1.03. The number of sulfonamides is 1. The van der Waals surface area contributed by atoms with Gasteiger partial charge in [-0.3, -0.25) is 4.79 Å². The Kier molecular flexibility index (Phi) is 5.32. The van der Waals surface area contributed by atoms with Crippen LogP contribution in [-0.4, -0.2) is 25.0 Å². The van der Waals surface area contributed by atoms with Crippen LogP contribution in [-0.2, 0) is 21.0 Å². The van der Waals surface area contributed by atoms with Gasteiger partial charge in [0.1, 0.15) is 0 Å². The highest BCUT2D eigenvalue weighted by atomic mass is 32.2. The molecule has 6 nitrogen and oxygen atoms in total. The monoisotopic (exact) mass is 354 g/mol. The lowest BCUT2D eigenvalue weighted by atomic mass is 9.97. The van der Waals surface area contributed by atoms with E-state index in [1.807, 2.05) is 0 Å². The predicted molar refractivity (Wildman–Crippen MR) is 77.4 cm³/mol. The van der Waals surface area contributed by atoms with Crippen molar-refractivity contribution in [1.82, 2.24) is 0 Å². The fraction of sp³-hybridized carbons (Fsp3) is 0.462. The van der Waals surface area contributed by atoms with Crippen LogP contribution >= 0.6 is 0 Å². The van der Waals surface area contributed by atoms with Crippen LogP contribution in [0.4, 0.5) is 18.9 Å². The first-order valence-electron chi connectivity index (χ1n) is 6.46. The Bertz CT molecular complexity index is 700. The molecule has 0 amide bonds. The Labute approximate surface area is 131 Å². The molecule has 0 bridgehead atoms. The zero-order valence-corrected chi connectivity index (χ0v) is 13.3. The number of hydrogen-bond donors (Lipinski definition) is 3. The van der Waals surface area contributed by atoms with E-state index in [9.17, 15) is 26.4 Å². The van der Waals surface area contributed by atoms with Gasteiger partial charge in [-0.05, 0) is 38.5 Å². The summed E-state index contributed by atoms with van der Waals surface area (Å²) in [6.45, 7) is 3.24. The number of rotatable bonds is 6. The molecule has 0 spiro atoms. The van der Waals surface area contributed by atoms with Gasteiger partial charge in [-0.1, -0.05) is 0 Å². The van der Waals surface area contributed by atoms with E-state index in [0.29, 0.717) is 6.07 Å². The topological polar surface area (TPSA) is 109 Å². The van der Waals surface area contributed by atoms with Crippen molar-refractivity contribution < 1.29 is 31.5 Å². The Balaban J connectivity index is 3.19. The highest BCUT2D eigenvalue weighted by molar-refractivity contribution is 7.89. The quantitative estimate of drug-likeness (QED) is 0.727. The molecule has 0 saturated carbocycles. The lowest BCUT2D eigenvalue weighted by Crippen LogP contribution is -2.31. The summed E-state index contributed by atoms with van der Waals surface area (Å²) in [5.41, 5.74) is -2.16. The van der Waals surface area contributed by atoms with Crippen molar-refractivity contribution in [3.63, 3.8) is 0 Å². The van der Waals surface area contributed by atoms with Crippen LogP contribution in [0.15, 0.2) is 23.1 Å². The number of carbonyl (C=O) groups is 1. The zero-order chi connectivity index (χ0) is 18.1. The standard InChI is InChI=1S/C13H17F3N2O4S/c1-12(2,6-5-11(19)20)18-8-3-4-10(23(17,21)22)9(7-8)13(14,15)16/h3-4,7,18H,5-6H2,1-2H3,(H,19,20)(H2,17,21,22). The van der Waals surface area contributed by atoms with Gasteiger partial charge >= 0.3 is 12.1 Å². The van der Waals surface area contributed by atoms with Crippen LogP contribution in [0.2, 0.25) is 0 Å². The molecule has 130 valence electrons. The fourth-order valence-corrected chi connectivity index (χ4v) is 2.69. The molecule has 0 saturated heterocycles. The van der Waals surface area contributed by atoms with Gasteiger partial charge in [-0.25, -0.2) is 13.6 Å². The molecule has 1 rings (SSSR count). The van der Waals surface area contributed by atoms with Crippen LogP contribution in [0.5, 0.6) is 0 Å². The Morgan fingerprint density at radius 2 is 1.87 bits per heavy atom. The maximum absolute atomic E-state index is 13.0. The van der Waals surface area contributed by atoms with E-state index in [2.05, 4.69) is 5.32 Å². The lowest BCUT2D eigenvalue weighted by Gasteiger charge is -2.27. The highest BCUT2D eigenvalue weighted by Crippen LogP contribution is 2.36. The highest BCUT2D eigenvalue weighted by Gasteiger charge is 2.37. The maximum Gasteiger partial charge on any atom is 0.417 e. The summed E-state index contributed by atoms with van der Waals surface area (Å²) in [6.07, 6.45) is -4.90. The number of hydrogen-bond acceptors (Lipinski definition) is 4. The number of benzene rings is 1. The predicted octanol–water partition coefficient (Wildman–Crippen LogP) is 2.41. The minimum Gasteiger partial charge on any atom is -0.481 e. The third kappa shape index (κ3) is 5.71. The van der Waals surface area contributed by atoms with E-state index in [1.54, 1.807) is 13.8 Å². The fourth-order valence-electron chi connectivity index (χ4n) is 1.95. The van der Waals surface area contributed by atoms with Crippen molar-refractivity contribution in [3.05, 3.63) is 23.8 Å². The molecule has 0 heterocycles. The first-order valence-corrected chi connectivity index (χ1v) is 8.01. The number of primary sulfonamides is 1. The Hall–Kier alpha value is -1.81. The number of nitrogens with one attached hydrogen (secondary N) is 1. The van der Waals surface area contributed by atoms with Crippen molar-refractivity contribution in [2.24, 2.45) is 5.14 Å². The molecule has 0 aliphatic carbocycles. The van der Waals surface area contributed by atoms with Crippen molar-refractivity contribution in [2.75, 3.05) is 5.32 Å². The first kappa shape index (κ1) is 19.2. The van der Waals surface area contributed by atoms with Crippen LogP contribution in [0.3, 0.4) is 0 Å². The average molecular weight is 354 g/mol. The third-order valence-corrected chi connectivity index (χ3v) is 4.01. The van der Waals surface area contributed by atoms with Crippen molar-refractivity contribution in [1.29, 1.82) is 0 Å². The van der Waals surface area contributed by atoms with Crippen molar-refractivity contribution >= 4 is 21.7 Å². The van der Waals surface area contributed by atoms with Crippen LogP contribution in [0.1, 0.15) is 32.3 Å². The van der Waals surface area contributed by atoms with E-state index in [0.717, 1.165) is 12.1 Å². The number of anilines is 1. The van der Waals surface area contributed by atoms with E-state index in [-0.39, 0.29) is 18.5 Å². The molecule has 10 heteroatoms. The number of carboxylic acids is 1. The summed E-state index contributed by atoms with van der Waals surface area (Å²) < 4.78 is 61.6. The largest absolute Gasteiger partial charge is 0.481 e. The number of alkyl halides is 3. The Morgan fingerprint density at radius 3 is 2.30 bits per heavy atom. The number of aliphatic carboxylic acids is 1. The van der Waals surface area contributed by atoms with Gasteiger partial charge in [-0.15, -0.1) is 0 Å². The van der Waals surface area contributed by atoms with Crippen LogP contribution < -0.4 is 10.5 Å². The van der Waals surface area contributed by atoms with Gasteiger partial charge in [0.25, 0.3) is 0 Å². The summed E-state index contributed by atoms with van der Waals surface area (Å²) in [5, 5.41) is 16.2. The molecule has 0 radical (unpaired) electrons. The molecule has 1 aromatic rings. The maximum atomic E-state index is 13.0. The second-order valence-corrected chi connectivity index (χ2v) is 7.19. The minimum absolute atomic E-state index is 0.0140. The second kappa shape index (κ2) is 6.36. The number of halogens is 3. The van der Waals surface area contributed by atoms with Gasteiger partial charge in [0.15, 0.2) is 0 Å². The number of nitrogens with two attached hydrogens (primary N) is 1. The minimum atomic E-state index is -4.90. The van der Waals surface area contributed by atoms with E-state index >= 15 is 0 Å². The molecular weight excluding hydrogens is 337 g/mol. The van der Waals surface area contributed by atoms with Crippen molar-refractivity contribution in [2.45, 2.75) is 43.3 Å². The molecule has 0 aliphatic heterocycles. The SMILES string of the molecule is CC(C)(CCC(=O)O)Nc1ccc(S(N)(=O)=O)c(C(F)(F)F)c1. The summed E-state index contributed by atoms with van der Waals surface area (Å²) in [4.78, 5) is 9.57. The van der Waals surface area contributed by atoms with Gasteiger partial charge < -0.3 is 10.4 Å². The molecule has 23 heavy (non-hydrogen) atoms.